The predicted octanol–water partition coefficient (Wildman–Crippen LogP) is 3.78. The summed E-state index contributed by atoms with van der Waals surface area (Å²) in [5, 5.41) is 0. The zero-order valence-electron chi connectivity index (χ0n) is 13.3. The van der Waals surface area contributed by atoms with Gasteiger partial charge in [-0.05, 0) is 11.6 Å². The van der Waals surface area contributed by atoms with Gasteiger partial charge in [-0.3, -0.25) is 0 Å². The van der Waals surface area contributed by atoms with Gasteiger partial charge in [0.15, 0.2) is 5.82 Å². The molecule has 8 heteroatoms. The van der Waals surface area contributed by atoms with E-state index in [9.17, 15) is 22.4 Å². The molecule has 1 aliphatic rings. The molecule has 3 unspecified atom stereocenters. The van der Waals surface area contributed by atoms with Crippen molar-refractivity contribution in [2.24, 2.45) is 5.92 Å². The average Bonchev–Trinajstić information content (AvgIpc) is 3.16. The first-order valence-corrected chi connectivity index (χ1v) is 7.47. The molecule has 1 aromatic carbocycles. The lowest BCUT2D eigenvalue weighted by Crippen LogP contribution is -2.22. The molecule has 1 saturated carbocycles. The van der Waals surface area contributed by atoms with E-state index < -0.39 is 35.3 Å². The molecule has 3 atom stereocenters. The Morgan fingerprint density at radius 2 is 1.84 bits per heavy atom. The van der Waals surface area contributed by atoms with Crippen LogP contribution in [0.5, 0.6) is 0 Å². The number of halogens is 4. The van der Waals surface area contributed by atoms with E-state index in [0.717, 1.165) is 19.4 Å². The number of ether oxygens (including phenoxy) is 1. The van der Waals surface area contributed by atoms with Crippen molar-refractivity contribution in [1.82, 2.24) is 9.97 Å². The predicted molar refractivity (Wildman–Crippen MR) is 80.2 cm³/mol. The second-order valence-corrected chi connectivity index (χ2v) is 5.91. The van der Waals surface area contributed by atoms with Crippen LogP contribution in [0.25, 0.3) is 11.4 Å². The summed E-state index contributed by atoms with van der Waals surface area (Å²) >= 11 is 0. The largest absolute Gasteiger partial charge is 0.467 e. The third-order valence-corrected chi connectivity index (χ3v) is 4.48. The monoisotopic (exact) mass is 354 g/mol. The minimum atomic E-state index is -4.56. The molecule has 1 aliphatic carbocycles. The molecule has 4 nitrogen and oxygen atoms in total. The number of hydrogen-bond donors (Lipinski definition) is 0. The Morgan fingerprint density at radius 1 is 1.20 bits per heavy atom. The molecule has 0 amide bonds. The summed E-state index contributed by atoms with van der Waals surface area (Å²) in [5.74, 6) is -2.17. The van der Waals surface area contributed by atoms with Crippen LogP contribution in [0, 0.1) is 5.92 Å². The summed E-state index contributed by atoms with van der Waals surface area (Å²) in [5.41, 5.74) is -2.17. The molecular weight excluding hydrogens is 340 g/mol. The summed E-state index contributed by atoms with van der Waals surface area (Å²) in [6, 6.07) is 6.92. The van der Waals surface area contributed by atoms with E-state index in [-0.39, 0.29) is 5.82 Å². The molecule has 25 heavy (non-hydrogen) atoms. The van der Waals surface area contributed by atoms with Crippen molar-refractivity contribution in [3.05, 3.63) is 47.8 Å². The highest BCUT2D eigenvalue weighted by Gasteiger charge is 2.70. The van der Waals surface area contributed by atoms with Crippen molar-refractivity contribution in [3.63, 3.8) is 0 Å². The Kier molecular flexibility index (Phi) is 4.01. The summed E-state index contributed by atoms with van der Waals surface area (Å²) in [6.45, 7) is 1.60. The minimum absolute atomic E-state index is 0.0790. The fourth-order valence-corrected chi connectivity index (χ4v) is 3.02. The van der Waals surface area contributed by atoms with Gasteiger partial charge in [0.25, 0.3) is 0 Å². The van der Waals surface area contributed by atoms with Crippen LogP contribution in [0.4, 0.5) is 17.6 Å². The second-order valence-electron chi connectivity index (χ2n) is 5.91. The molecule has 132 valence electrons. The number of methoxy groups -OCH3 is 1. The van der Waals surface area contributed by atoms with Gasteiger partial charge in [0.05, 0.1) is 7.11 Å². The molecule has 1 fully saturated rings. The standard InChI is InChI=1S/C17H14F4N2O2/c1-9-13(16(9,18)15(24)25-2)10-3-5-11(6-4-10)14-22-8-7-12(23-14)17(19,20)21/h3-9,13H,1-2H3. The molecule has 0 aliphatic heterocycles. The summed E-state index contributed by atoms with van der Waals surface area (Å²) < 4.78 is 57.3. The third-order valence-electron chi connectivity index (χ3n) is 4.48. The lowest BCUT2D eigenvalue weighted by atomic mass is 10.0. The summed E-state index contributed by atoms with van der Waals surface area (Å²) in [6.07, 6.45) is -3.53. The van der Waals surface area contributed by atoms with Crippen molar-refractivity contribution in [3.8, 4) is 11.4 Å². The number of nitrogens with zero attached hydrogens (tertiary/aromatic N) is 2. The van der Waals surface area contributed by atoms with Gasteiger partial charge in [-0.1, -0.05) is 31.2 Å². The third kappa shape index (κ3) is 2.85. The number of benzene rings is 1. The zero-order valence-corrected chi connectivity index (χ0v) is 13.3. The Hall–Kier alpha value is -2.51. The number of esters is 1. The molecule has 0 spiro atoms. The highest BCUT2D eigenvalue weighted by atomic mass is 19.4. The Bertz CT molecular complexity index is 807. The SMILES string of the molecule is COC(=O)C1(F)C(C)C1c1ccc(-c2nccc(C(F)(F)F)n2)cc1. The van der Waals surface area contributed by atoms with E-state index in [1.807, 2.05) is 0 Å². The van der Waals surface area contributed by atoms with E-state index >= 15 is 0 Å². The number of alkyl halides is 4. The highest BCUT2D eigenvalue weighted by Crippen LogP contribution is 2.60. The molecule has 2 aromatic rings. The average molecular weight is 354 g/mol. The number of aromatic nitrogens is 2. The van der Waals surface area contributed by atoms with E-state index in [2.05, 4.69) is 14.7 Å². The second kappa shape index (κ2) is 5.79. The van der Waals surface area contributed by atoms with Crippen LogP contribution in [0.3, 0.4) is 0 Å². The normalized spacial score (nSPS) is 25.5. The van der Waals surface area contributed by atoms with Gasteiger partial charge in [0.1, 0.15) is 5.69 Å². The van der Waals surface area contributed by atoms with Gasteiger partial charge in [-0.15, -0.1) is 0 Å². The maximum Gasteiger partial charge on any atom is 0.433 e. The van der Waals surface area contributed by atoms with Crippen LogP contribution < -0.4 is 0 Å². The Balaban J connectivity index is 1.86. The van der Waals surface area contributed by atoms with Gasteiger partial charge < -0.3 is 4.74 Å². The smallest absolute Gasteiger partial charge is 0.433 e. The van der Waals surface area contributed by atoms with Crippen LogP contribution in [0.15, 0.2) is 36.5 Å². The first-order chi connectivity index (χ1) is 11.7. The fourth-order valence-electron chi connectivity index (χ4n) is 3.02. The quantitative estimate of drug-likeness (QED) is 0.622. The van der Waals surface area contributed by atoms with Crippen molar-refractivity contribution in [2.45, 2.75) is 24.7 Å². The van der Waals surface area contributed by atoms with Crippen LogP contribution >= 0.6 is 0 Å². The van der Waals surface area contributed by atoms with Crippen molar-refractivity contribution in [2.75, 3.05) is 7.11 Å². The van der Waals surface area contributed by atoms with E-state index in [1.54, 1.807) is 19.1 Å². The maximum atomic E-state index is 14.6. The molecule has 1 heterocycles. The molecule has 1 aromatic heterocycles. The first kappa shape index (κ1) is 17.3. The van der Waals surface area contributed by atoms with Gasteiger partial charge >= 0.3 is 12.1 Å². The number of carbonyl (C=O) groups excluding carboxylic acids is 1. The summed E-state index contributed by atoms with van der Waals surface area (Å²) in [7, 11) is 1.12. The van der Waals surface area contributed by atoms with Gasteiger partial charge in [-0.25, -0.2) is 19.2 Å². The number of hydrogen-bond acceptors (Lipinski definition) is 4. The highest BCUT2D eigenvalue weighted by molar-refractivity contribution is 5.86. The van der Waals surface area contributed by atoms with Crippen LogP contribution in [0.1, 0.15) is 24.1 Å². The fraction of sp³-hybridized carbons (Fsp3) is 0.353. The number of rotatable bonds is 3. The van der Waals surface area contributed by atoms with Crippen LogP contribution in [0.2, 0.25) is 0 Å². The van der Waals surface area contributed by atoms with Gasteiger partial charge in [0, 0.05) is 23.6 Å². The van der Waals surface area contributed by atoms with Crippen LogP contribution in [-0.2, 0) is 15.7 Å². The number of carbonyl (C=O) groups is 1. The minimum Gasteiger partial charge on any atom is -0.467 e. The molecule has 3 rings (SSSR count). The van der Waals surface area contributed by atoms with Crippen LogP contribution in [-0.4, -0.2) is 28.7 Å². The maximum absolute atomic E-state index is 14.6. The van der Waals surface area contributed by atoms with E-state index in [4.69, 9.17) is 0 Å². The van der Waals surface area contributed by atoms with Gasteiger partial charge in [0.2, 0.25) is 5.67 Å². The Labute approximate surface area is 140 Å². The Morgan fingerprint density at radius 3 is 2.40 bits per heavy atom. The lowest BCUT2D eigenvalue weighted by Gasteiger charge is -2.08. The summed E-state index contributed by atoms with van der Waals surface area (Å²) in [4.78, 5) is 18.9. The molecule has 0 bridgehead atoms. The van der Waals surface area contributed by atoms with Crippen molar-refractivity contribution >= 4 is 5.97 Å². The molecule has 0 saturated heterocycles. The molecule has 0 N–H and O–H groups in total. The van der Waals surface area contributed by atoms with Crippen molar-refractivity contribution in [1.29, 1.82) is 0 Å². The first-order valence-electron chi connectivity index (χ1n) is 7.47. The zero-order chi connectivity index (χ0) is 18.4. The molecular formula is C17H14F4N2O2. The van der Waals surface area contributed by atoms with E-state index in [1.165, 1.54) is 12.1 Å². The van der Waals surface area contributed by atoms with E-state index in [0.29, 0.717) is 11.1 Å². The van der Waals surface area contributed by atoms with Crippen molar-refractivity contribution < 1.29 is 27.1 Å². The topological polar surface area (TPSA) is 52.1 Å². The molecule has 0 radical (unpaired) electrons. The van der Waals surface area contributed by atoms with Gasteiger partial charge in [-0.2, -0.15) is 13.2 Å². The lowest BCUT2D eigenvalue weighted by molar-refractivity contribution is -0.149.